The van der Waals surface area contributed by atoms with E-state index in [1.54, 1.807) is 36.4 Å². The summed E-state index contributed by atoms with van der Waals surface area (Å²) in [5.41, 5.74) is 0.475. The van der Waals surface area contributed by atoms with Gasteiger partial charge in [0.25, 0.3) is 0 Å². The number of H-pyrrole nitrogens is 1. The van der Waals surface area contributed by atoms with Crippen LogP contribution in [-0.4, -0.2) is 51.5 Å². The molecule has 0 spiro atoms. The molecule has 3 aromatic rings. The average Bonchev–Trinajstić information content (AvgIpc) is 2.95. The second-order valence-corrected chi connectivity index (χ2v) is 8.16. The summed E-state index contributed by atoms with van der Waals surface area (Å²) in [5, 5.41) is 26.8. The number of hydrogen-bond donors (Lipinski definition) is 2. The van der Waals surface area contributed by atoms with Crippen molar-refractivity contribution in [3.63, 3.8) is 0 Å². The standard InChI is InChI=1S/C24H29N5O3/c30-21(17-27-15-9-1-2-10-16-27)18-28-22(23(31)25-19-11-5-3-6-12-19)24(32)29(26-28)20-13-7-4-8-14-20/h3-8,11-14,21,30H,1-2,9-10,15-18H2,(H-,25,26,31,32). The Morgan fingerprint density at radius 1 is 1.03 bits per heavy atom. The van der Waals surface area contributed by atoms with Gasteiger partial charge in [0.2, 0.25) is 5.69 Å². The number of likely N-dealkylation sites (tertiary alicyclic amines) is 1. The van der Waals surface area contributed by atoms with Crippen LogP contribution in [-0.2, 0) is 6.54 Å². The third-order valence-corrected chi connectivity index (χ3v) is 5.66. The van der Waals surface area contributed by atoms with E-state index in [4.69, 9.17) is 0 Å². The minimum atomic E-state index is -0.733. The molecule has 2 aromatic carbocycles. The molecule has 8 heteroatoms. The van der Waals surface area contributed by atoms with Crippen LogP contribution < -0.4 is 15.3 Å². The van der Waals surface area contributed by atoms with Crippen molar-refractivity contribution in [1.29, 1.82) is 0 Å². The summed E-state index contributed by atoms with van der Waals surface area (Å²) >= 11 is 0. The van der Waals surface area contributed by atoms with Crippen LogP contribution in [0.5, 0.6) is 0 Å². The normalized spacial score (nSPS) is 16.6. The lowest BCUT2D eigenvalue weighted by Crippen LogP contribution is -2.52. The molecule has 1 fully saturated rings. The Hall–Kier alpha value is -3.23. The van der Waals surface area contributed by atoms with Gasteiger partial charge in [0, 0.05) is 12.4 Å². The molecule has 0 saturated carbocycles. The van der Waals surface area contributed by atoms with Crippen LogP contribution in [0.3, 0.4) is 0 Å². The van der Waals surface area contributed by atoms with Crippen molar-refractivity contribution in [3.8, 4) is 5.69 Å². The first-order chi connectivity index (χ1) is 15.6. The number of β-amino-alcohol motifs (C(OH)–C–C–N with tert-alkyl or cyclic N) is 1. The summed E-state index contributed by atoms with van der Waals surface area (Å²) in [6.45, 7) is 2.50. The second-order valence-electron chi connectivity index (χ2n) is 8.16. The zero-order valence-electron chi connectivity index (χ0n) is 18.1. The molecule has 1 atom stereocenters. The molecule has 0 amide bonds. The lowest BCUT2D eigenvalue weighted by molar-refractivity contribution is -0.762. The molecule has 1 saturated heterocycles. The molecule has 0 aliphatic carbocycles. The van der Waals surface area contributed by atoms with Crippen LogP contribution in [0.25, 0.3) is 5.69 Å². The number of hydrogen-bond acceptors (Lipinski definition) is 5. The van der Waals surface area contributed by atoms with E-state index in [1.807, 2.05) is 24.3 Å². The third-order valence-electron chi connectivity index (χ3n) is 5.66. The van der Waals surface area contributed by atoms with Gasteiger partial charge in [-0.15, -0.1) is 0 Å². The molecule has 1 aliphatic heterocycles. The zero-order valence-corrected chi connectivity index (χ0v) is 18.1. The molecule has 0 bridgehead atoms. The predicted molar refractivity (Wildman–Crippen MR) is 120 cm³/mol. The molecular weight excluding hydrogens is 406 g/mol. The average molecular weight is 436 g/mol. The Morgan fingerprint density at radius 2 is 1.66 bits per heavy atom. The van der Waals surface area contributed by atoms with Crippen molar-refractivity contribution in [2.75, 3.05) is 19.6 Å². The van der Waals surface area contributed by atoms with Gasteiger partial charge in [0.15, 0.2) is 5.69 Å². The minimum absolute atomic E-state index is 0.0942. The third kappa shape index (κ3) is 5.33. The molecule has 1 unspecified atom stereocenters. The van der Waals surface area contributed by atoms with Gasteiger partial charge >= 0.3 is 5.56 Å². The Balaban J connectivity index is 1.65. The van der Waals surface area contributed by atoms with Crippen LogP contribution in [0, 0.1) is 0 Å². The van der Waals surface area contributed by atoms with Crippen LogP contribution >= 0.6 is 0 Å². The van der Waals surface area contributed by atoms with Crippen molar-refractivity contribution < 1.29 is 14.9 Å². The first-order valence-electron chi connectivity index (χ1n) is 11.1. The Bertz CT molecular complexity index is 1080. The lowest BCUT2D eigenvalue weighted by atomic mass is 10.2. The van der Waals surface area contributed by atoms with E-state index in [2.05, 4.69) is 15.1 Å². The summed E-state index contributed by atoms with van der Waals surface area (Å²) in [6, 6.07) is 17.9. The molecular formula is C24H29N5O3. The lowest BCUT2D eigenvalue weighted by Gasteiger charge is -2.22. The van der Waals surface area contributed by atoms with Crippen molar-refractivity contribution >= 4 is 11.6 Å². The van der Waals surface area contributed by atoms with Crippen LogP contribution in [0.15, 0.2) is 70.5 Å². The molecule has 1 aromatic heterocycles. The molecule has 4 rings (SSSR count). The molecule has 32 heavy (non-hydrogen) atoms. The molecule has 2 N–H and O–H groups in total. The minimum Gasteiger partial charge on any atom is -0.855 e. The van der Waals surface area contributed by atoms with Crippen LogP contribution in [0.4, 0.5) is 5.69 Å². The van der Waals surface area contributed by atoms with Gasteiger partial charge < -0.3 is 15.1 Å². The number of aliphatic hydroxyl groups is 1. The fraction of sp³-hybridized carbons (Fsp3) is 0.375. The van der Waals surface area contributed by atoms with E-state index in [-0.39, 0.29) is 12.2 Å². The molecule has 1 aliphatic rings. The first kappa shape index (κ1) is 22.0. The fourth-order valence-electron chi connectivity index (χ4n) is 4.09. The van der Waals surface area contributed by atoms with Gasteiger partial charge in [-0.25, -0.2) is 4.79 Å². The molecule has 0 radical (unpaired) electrons. The number of aromatic amines is 1. The van der Waals surface area contributed by atoms with E-state index in [0.29, 0.717) is 17.9 Å². The Morgan fingerprint density at radius 3 is 2.31 bits per heavy atom. The van der Waals surface area contributed by atoms with Gasteiger partial charge in [-0.2, -0.15) is 4.68 Å². The number of aliphatic hydroxyl groups excluding tert-OH is 1. The van der Waals surface area contributed by atoms with E-state index < -0.39 is 17.6 Å². The SMILES string of the molecule is O=c1c(C([O-])=Nc2ccccc2)[n+](CC(O)CN2CCCCCC2)[nH]n1-c1ccccc1. The van der Waals surface area contributed by atoms with Crippen LogP contribution in [0.2, 0.25) is 0 Å². The van der Waals surface area contributed by atoms with Gasteiger partial charge in [-0.05, 0) is 50.2 Å². The predicted octanol–water partition coefficient (Wildman–Crippen LogP) is 1.13. The van der Waals surface area contributed by atoms with Crippen molar-refractivity contribution in [2.24, 2.45) is 4.99 Å². The quantitative estimate of drug-likeness (QED) is 0.330. The van der Waals surface area contributed by atoms with Crippen molar-refractivity contribution in [3.05, 3.63) is 76.7 Å². The number of nitrogens with one attached hydrogen (secondary N) is 1. The van der Waals surface area contributed by atoms with E-state index in [9.17, 15) is 15.0 Å². The van der Waals surface area contributed by atoms with Gasteiger partial charge in [0.1, 0.15) is 12.6 Å². The monoisotopic (exact) mass is 435 g/mol. The molecule has 2 heterocycles. The number of rotatable bonds is 7. The largest absolute Gasteiger partial charge is 0.855 e. The summed E-state index contributed by atoms with van der Waals surface area (Å²) in [6.07, 6.45) is 3.95. The highest BCUT2D eigenvalue weighted by molar-refractivity contribution is 5.88. The summed E-state index contributed by atoms with van der Waals surface area (Å²) in [7, 11) is 0. The number of benzene rings is 2. The zero-order chi connectivity index (χ0) is 22.3. The molecule has 8 nitrogen and oxygen atoms in total. The number of para-hydroxylation sites is 2. The second kappa shape index (κ2) is 10.4. The number of aliphatic imine (C=N–C) groups is 1. The maximum atomic E-state index is 13.2. The summed E-state index contributed by atoms with van der Waals surface area (Å²) in [5.74, 6) is -0.644. The first-order valence-corrected chi connectivity index (χ1v) is 11.1. The van der Waals surface area contributed by atoms with Gasteiger partial charge in [-0.3, -0.25) is 4.99 Å². The van der Waals surface area contributed by atoms with Crippen molar-refractivity contribution in [1.82, 2.24) is 14.8 Å². The number of aromatic nitrogens is 3. The smallest absolute Gasteiger partial charge is 0.406 e. The van der Waals surface area contributed by atoms with E-state index in [0.717, 1.165) is 25.9 Å². The summed E-state index contributed by atoms with van der Waals surface area (Å²) in [4.78, 5) is 19.5. The van der Waals surface area contributed by atoms with Crippen molar-refractivity contribution in [2.45, 2.75) is 38.3 Å². The Labute approximate surface area is 187 Å². The highest BCUT2D eigenvalue weighted by atomic mass is 16.3. The van der Waals surface area contributed by atoms with E-state index >= 15 is 0 Å². The molecule has 168 valence electrons. The van der Waals surface area contributed by atoms with Gasteiger partial charge in [-0.1, -0.05) is 59.1 Å². The fourth-order valence-corrected chi connectivity index (χ4v) is 4.09. The maximum Gasteiger partial charge on any atom is 0.406 e. The highest BCUT2D eigenvalue weighted by Crippen LogP contribution is 2.11. The Kier molecular flexibility index (Phi) is 7.14. The maximum absolute atomic E-state index is 13.2. The number of nitrogens with zero attached hydrogens (tertiary/aromatic N) is 4. The van der Waals surface area contributed by atoms with Gasteiger partial charge in [0.05, 0.1) is 5.69 Å². The van der Waals surface area contributed by atoms with E-state index in [1.165, 1.54) is 22.2 Å². The van der Waals surface area contributed by atoms with Crippen LogP contribution in [0.1, 0.15) is 31.4 Å². The highest BCUT2D eigenvalue weighted by Gasteiger charge is 2.26. The topological polar surface area (TPSA) is 101 Å². The summed E-state index contributed by atoms with van der Waals surface area (Å²) < 4.78 is 2.74.